The molecule has 1 aliphatic rings. The average molecular weight is 534 g/mol. The van der Waals surface area contributed by atoms with Gasteiger partial charge in [0.05, 0.1) is 12.2 Å². The molecule has 1 fully saturated rings. The molecule has 26 heavy (non-hydrogen) atoms. The molecule has 2 aromatic rings. The number of aromatic nitrogens is 1. The minimum Gasteiger partial charge on any atom is -0.369 e. The molecular formula is C18H25BrIN5O. The molecule has 0 bridgehead atoms. The number of aryl methyl sites for hydroxylation is 1. The third-order valence-corrected chi connectivity index (χ3v) is 4.87. The van der Waals surface area contributed by atoms with Gasteiger partial charge in [0, 0.05) is 42.4 Å². The number of hydrogen-bond donors (Lipinski definition) is 2. The highest BCUT2D eigenvalue weighted by atomic mass is 127. The minimum atomic E-state index is 0. The van der Waals surface area contributed by atoms with Gasteiger partial charge in [-0.05, 0) is 37.1 Å². The van der Waals surface area contributed by atoms with E-state index < -0.39 is 0 Å². The zero-order valence-electron chi connectivity index (χ0n) is 15.0. The molecule has 1 atom stereocenters. The molecule has 2 N–H and O–H groups in total. The molecule has 8 heteroatoms. The second-order valence-electron chi connectivity index (χ2n) is 6.12. The van der Waals surface area contributed by atoms with E-state index in [0.29, 0.717) is 12.6 Å². The summed E-state index contributed by atoms with van der Waals surface area (Å²) in [6.45, 7) is 4.64. The second kappa shape index (κ2) is 10.1. The molecule has 142 valence electrons. The van der Waals surface area contributed by atoms with Gasteiger partial charge in [0.15, 0.2) is 11.7 Å². The highest BCUT2D eigenvalue weighted by molar-refractivity contribution is 14.0. The fraction of sp³-hybridized carbons (Fsp3) is 0.444. The fourth-order valence-corrected chi connectivity index (χ4v) is 3.19. The van der Waals surface area contributed by atoms with E-state index in [1.54, 1.807) is 7.05 Å². The van der Waals surface area contributed by atoms with Crippen LogP contribution in [-0.4, -0.2) is 37.3 Å². The van der Waals surface area contributed by atoms with Crippen molar-refractivity contribution in [3.8, 4) is 0 Å². The van der Waals surface area contributed by atoms with Crippen LogP contribution in [-0.2, 0) is 13.0 Å². The summed E-state index contributed by atoms with van der Waals surface area (Å²) in [7, 11) is 1.79. The Morgan fingerprint density at radius 1 is 1.38 bits per heavy atom. The highest BCUT2D eigenvalue weighted by Crippen LogP contribution is 2.22. The van der Waals surface area contributed by atoms with Crippen molar-refractivity contribution in [2.24, 2.45) is 4.99 Å². The van der Waals surface area contributed by atoms with Gasteiger partial charge in [-0.15, -0.1) is 24.0 Å². The molecule has 0 aliphatic carbocycles. The van der Waals surface area contributed by atoms with Gasteiger partial charge in [-0.1, -0.05) is 28.0 Å². The summed E-state index contributed by atoms with van der Waals surface area (Å²) in [5, 5.41) is 10.8. The van der Waals surface area contributed by atoms with Crippen molar-refractivity contribution in [1.82, 2.24) is 15.8 Å². The Hall–Kier alpha value is -1.29. The van der Waals surface area contributed by atoms with Crippen LogP contribution in [0.15, 0.2) is 44.3 Å². The van der Waals surface area contributed by atoms with Crippen LogP contribution in [0.2, 0.25) is 0 Å². The topological polar surface area (TPSA) is 65.7 Å². The summed E-state index contributed by atoms with van der Waals surface area (Å²) in [4.78, 5) is 6.70. The maximum Gasteiger partial charge on any atom is 0.191 e. The molecule has 1 unspecified atom stereocenters. The van der Waals surface area contributed by atoms with Crippen molar-refractivity contribution in [3.63, 3.8) is 0 Å². The number of halogens is 2. The maximum atomic E-state index is 5.30. The van der Waals surface area contributed by atoms with E-state index in [0.717, 1.165) is 47.8 Å². The Balaban J connectivity index is 0.00000243. The smallest absolute Gasteiger partial charge is 0.191 e. The van der Waals surface area contributed by atoms with Gasteiger partial charge in [-0.25, -0.2) is 0 Å². The molecule has 3 rings (SSSR count). The van der Waals surface area contributed by atoms with Gasteiger partial charge in [0.1, 0.15) is 0 Å². The van der Waals surface area contributed by atoms with Crippen molar-refractivity contribution < 1.29 is 4.52 Å². The number of hydrogen-bond acceptors (Lipinski definition) is 4. The number of anilines is 1. The molecular weight excluding hydrogens is 509 g/mol. The predicted octanol–water partition coefficient (Wildman–Crippen LogP) is 3.56. The Labute approximate surface area is 179 Å². The van der Waals surface area contributed by atoms with E-state index in [1.807, 2.05) is 6.07 Å². The Bertz CT molecular complexity index is 719. The average Bonchev–Trinajstić information content (AvgIpc) is 3.28. The van der Waals surface area contributed by atoms with Crippen molar-refractivity contribution in [2.45, 2.75) is 32.4 Å². The quantitative estimate of drug-likeness (QED) is 0.349. The summed E-state index contributed by atoms with van der Waals surface area (Å²) in [6, 6.07) is 10.8. The Morgan fingerprint density at radius 3 is 2.81 bits per heavy atom. The summed E-state index contributed by atoms with van der Waals surface area (Å²) < 4.78 is 6.40. The van der Waals surface area contributed by atoms with Gasteiger partial charge < -0.3 is 20.1 Å². The lowest BCUT2D eigenvalue weighted by molar-refractivity contribution is 0.374. The first kappa shape index (κ1) is 21.0. The summed E-state index contributed by atoms with van der Waals surface area (Å²) in [6.07, 6.45) is 1.96. The lowest BCUT2D eigenvalue weighted by Crippen LogP contribution is -2.44. The summed E-state index contributed by atoms with van der Waals surface area (Å²) in [5.74, 6) is 1.61. The lowest BCUT2D eigenvalue weighted by atomic mass is 10.2. The van der Waals surface area contributed by atoms with Crippen molar-refractivity contribution in [2.75, 3.05) is 25.0 Å². The van der Waals surface area contributed by atoms with Crippen LogP contribution in [0.4, 0.5) is 5.69 Å². The number of nitrogens with one attached hydrogen (secondary N) is 2. The second-order valence-corrected chi connectivity index (χ2v) is 7.03. The van der Waals surface area contributed by atoms with Gasteiger partial charge in [0.2, 0.25) is 0 Å². The highest BCUT2D eigenvalue weighted by Gasteiger charge is 2.23. The SMILES string of the molecule is CCc1cc(CNC(=NC)NC2CCN(c3ccc(Br)cc3)C2)on1.I. The molecule has 1 saturated heterocycles. The van der Waals surface area contributed by atoms with Crippen LogP contribution in [0.3, 0.4) is 0 Å². The summed E-state index contributed by atoms with van der Waals surface area (Å²) >= 11 is 3.48. The van der Waals surface area contributed by atoms with Crippen LogP contribution >= 0.6 is 39.9 Å². The maximum absolute atomic E-state index is 5.30. The number of guanidine groups is 1. The number of benzene rings is 1. The fourth-order valence-electron chi connectivity index (χ4n) is 2.93. The molecule has 0 spiro atoms. The third-order valence-electron chi connectivity index (χ3n) is 4.34. The van der Waals surface area contributed by atoms with Crippen LogP contribution in [0, 0.1) is 0 Å². The van der Waals surface area contributed by atoms with Crippen LogP contribution in [0.1, 0.15) is 24.8 Å². The third kappa shape index (κ3) is 5.60. The van der Waals surface area contributed by atoms with E-state index in [-0.39, 0.29) is 24.0 Å². The van der Waals surface area contributed by atoms with E-state index in [9.17, 15) is 0 Å². The molecule has 0 saturated carbocycles. The number of nitrogens with zero attached hydrogens (tertiary/aromatic N) is 3. The number of aliphatic imine (C=N–C) groups is 1. The van der Waals surface area contributed by atoms with Gasteiger partial charge in [0.25, 0.3) is 0 Å². The minimum absolute atomic E-state index is 0. The normalized spacial score (nSPS) is 17.1. The van der Waals surface area contributed by atoms with E-state index in [2.05, 4.69) is 72.8 Å². The monoisotopic (exact) mass is 533 g/mol. The first-order valence-electron chi connectivity index (χ1n) is 8.60. The zero-order chi connectivity index (χ0) is 17.6. The predicted molar refractivity (Wildman–Crippen MR) is 119 cm³/mol. The first-order chi connectivity index (χ1) is 12.2. The number of rotatable bonds is 5. The lowest BCUT2D eigenvalue weighted by Gasteiger charge is -2.20. The van der Waals surface area contributed by atoms with Crippen LogP contribution in [0.5, 0.6) is 0 Å². The van der Waals surface area contributed by atoms with Crippen LogP contribution in [0.25, 0.3) is 0 Å². The van der Waals surface area contributed by atoms with E-state index >= 15 is 0 Å². The van der Waals surface area contributed by atoms with Crippen LogP contribution < -0.4 is 15.5 Å². The Morgan fingerprint density at radius 2 is 2.15 bits per heavy atom. The molecule has 0 amide bonds. The standard InChI is InChI=1S/C18H24BrN5O.HI/c1-3-14-10-17(25-23-14)11-21-18(20-2)22-15-8-9-24(12-15)16-6-4-13(19)5-7-16;/h4-7,10,15H,3,8-9,11-12H2,1-2H3,(H2,20,21,22);1H. The largest absolute Gasteiger partial charge is 0.369 e. The first-order valence-corrected chi connectivity index (χ1v) is 9.39. The zero-order valence-corrected chi connectivity index (χ0v) is 19.0. The van der Waals surface area contributed by atoms with E-state index in [1.165, 1.54) is 5.69 Å². The molecule has 1 aromatic heterocycles. The van der Waals surface area contributed by atoms with Gasteiger partial charge >= 0.3 is 0 Å². The summed E-state index contributed by atoms with van der Waals surface area (Å²) in [5.41, 5.74) is 2.23. The van der Waals surface area contributed by atoms with Gasteiger partial charge in [-0.2, -0.15) is 0 Å². The molecule has 1 aliphatic heterocycles. The van der Waals surface area contributed by atoms with Gasteiger partial charge in [-0.3, -0.25) is 4.99 Å². The van der Waals surface area contributed by atoms with Crippen molar-refractivity contribution in [3.05, 3.63) is 46.3 Å². The van der Waals surface area contributed by atoms with Crippen molar-refractivity contribution >= 4 is 51.6 Å². The van der Waals surface area contributed by atoms with Crippen molar-refractivity contribution in [1.29, 1.82) is 0 Å². The molecule has 6 nitrogen and oxygen atoms in total. The Kier molecular flexibility index (Phi) is 8.20. The van der Waals surface area contributed by atoms with E-state index in [4.69, 9.17) is 4.52 Å². The molecule has 1 aromatic carbocycles. The molecule has 2 heterocycles. The molecule has 0 radical (unpaired) electrons.